The Hall–Kier alpha value is -1.58. The fourth-order valence-corrected chi connectivity index (χ4v) is 2.25. The Kier molecular flexibility index (Phi) is 5.99. The monoisotopic (exact) mass is 278 g/mol. The van der Waals surface area contributed by atoms with Gasteiger partial charge in [0.25, 0.3) is 5.69 Å². The van der Waals surface area contributed by atoms with Gasteiger partial charge in [0.05, 0.1) is 4.92 Å². The fourth-order valence-electron chi connectivity index (χ4n) is 2.25. The van der Waals surface area contributed by atoms with E-state index >= 15 is 0 Å². The maximum atomic E-state index is 10.9. The van der Waals surface area contributed by atoms with E-state index in [2.05, 4.69) is 26.1 Å². The quantitative estimate of drug-likeness (QED) is 0.417. The van der Waals surface area contributed by atoms with Crippen molar-refractivity contribution < 1.29 is 4.92 Å². The predicted molar refractivity (Wildman–Crippen MR) is 84.2 cm³/mol. The number of aryl methyl sites for hydroxylation is 1. The van der Waals surface area contributed by atoms with Crippen molar-refractivity contribution in [1.29, 1.82) is 0 Å². The Balaban J connectivity index is 2.62. The third-order valence-corrected chi connectivity index (χ3v) is 3.50. The summed E-state index contributed by atoms with van der Waals surface area (Å²) in [6, 6.07) is 5.15. The van der Waals surface area contributed by atoms with Crippen molar-refractivity contribution in [3.8, 4) is 0 Å². The minimum atomic E-state index is -0.343. The molecule has 1 aromatic rings. The van der Waals surface area contributed by atoms with Gasteiger partial charge in [-0.05, 0) is 30.4 Å². The van der Waals surface area contributed by atoms with E-state index in [9.17, 15) is 10.1 Å². The molecule has 0 heterocycles. The van der Waals surface area contributed by atoms with Gasteiger partial charge in [0.2, 0.25) is 0 Å². The molecule has 0 aliphatic rings. The summed E-state index contributed by atoms with van der Waals surface area (Å²) in [5.74, 6) is 0. The van der Waals surface area contributed by atoms with Crippen LogP contribution in [0.15, 0.2) is 18.2 Å². The molecule has 1 N–H and O–H groups in total. The number of unbranched alkanes of at least 4 members (excludes halogenated alkanes) is 2. The van der Waals surface area contributed by atoms with Crippen LogP contribution in [0.25, 0.3) is 0 Å². The molecule has 0 unspecified atom stereocenters. The van der Waals surface area contributed by atoms with Gasteiger partial charge in [0.1, 0.15) is 0 Å². The summed E-state index contributed by atoms with van der Waals surface area (Å²) in [6.45, 7) is 9.39. The topological polar surface area (TPSA) is 55.2 Å². The number of rotatable bonds is 8. The van der Waals surface area contributed by atoms with Crippen LogP contribution in [0.2, 0.25) is 0 Å². The molecule has 0 aromatic heterocycles. The van der Waals surface area contributed by atoms with Crippen molar-refractivity contribution in [3.05, 3.63) is 33.9 Å². The van der Waals surface area contributed by atoms with Gasteiger partial charge >= 0.3 is 0 Å². The second-order valence-corrected chi connectivity index (χ2v) is 6.29. The first-order valence-corrected chi connectivity index (χ1v) is 7.34. The summed E-state index contributed by atoms with van der Waals surface area (Å²) in [5.41, 5.74) is 2.09. The zero-order chi connectivity index (χ0) is 15.2. The van der Waals surface area contributed by atoms with Crippen LogP contribution in [-0.2, 0) is 0 Å². The van der Waals surface area contributed by atoms with Crippen LogP contribution in [0.5, 0.6) is 0 Å². The first-order valence-electron chi connectivity index (χ1n) is 7.34. The van der Waals surface area contributed by atoms with Crippen molar-refractivity contribution in [3.63, 3.8) is 0 Å². The third-order valence-electron chi connectivity index (χ3n) is 3.50. The Bertz CT molecular complexity index is 456. The molecule has 0 saturated heterocycles. The number of hydrogen-bond acceptors (Lipinski definition) is 3. The van der Waals surface area contributed by atoms with E-state index < -0.39 is 0 Å². The lowest BCUT2D eigenvalue weighted by molar-refractivity contribution is -0.384. The average Bonchev–Trinajstić information content (AvgIpc) is 2.36. The molecule has 0 fully saturated rings. The van der Waals surface area contributed by atoms with Gasteiger partial charge in [-0.1, -0.05) is 40.0 Å². The molecule has 0 bridgehead atoms. The molecule has 4 heteroatoms. The first-order chi connectivity index (χ1) is 9.34. The van der Waals surface area contributed by atoms with Crippen LogP contribution < -0.4 is 5.32 Å². The molecule has 1 aromatic carbocycles. The lowest BCUT2D eigenvalue weighted by atomic mass is 9.87. The van der Waals surface area contributed by atoms with Crippen molar-refractivity contribution in [2.45, 2.75) is 53.4 Å². The molecular formula is C16H26N2O2. The van der Waals surface area contributed by atoms with E-state index in [-0.39, 0.29) is 16.0 Å². The van der Waals surface area contributed by atoms with Gasteiger partial charge in [0.15, 0.2) is 0 Å². The Morgan fingerprint density at radius 2 is 1.95 bits per heavy atom. The number of hydrogen-bond donors (Lipinski definition) is 1. The number of benzene rings is 1. The van der Waals surface area contributed by atoms with E-state index in [4.69, 9.17) is 0 Å². The highest BCUT2D eigenvalue weighted by Gasteiger charge is 2.17. The van der Waals surface area contributed by atoms with E-state index in [1.165, 1.54) is 25.7 Å². The maximum Gasteiger partial charge on any atom is 0.271 e. The summed E-state index contributed by atoms with van der Waals surface area (Å²) in [6.07, 6.45) is 4.90. The number of nitro benzene ring substituents is 1. The summed E-state index contributed by atoms with van der Waals surface area (Å²) in [5, 5.41) is 14.2. The van der Waals surface area contributed by atoms with Gasteiger partial charge in [-0.2, -0.15) is 0 Å². The normalized spacial score (nSPS) is 11.4. The van der Waals surface area contributed by atoms with Crippen molar-refractivity contribution >= 4 is 11.4 Å². The highest BCUT2D eigenvalue weighted by Crippen LogP contribution is 2.26. The zero-order valence-electron chi connectivity index (χ0n) is 13.0. The molecule has 0 aliphatic heterocycles. The van der Waals surface area contributed by atoms with E-state index in [1.807, 2.05) is 13.0 Å². The first kappa shape index (κ1) is 16.5. The lowest BCUT2D eigenvalue weighted by Gasteiger charge is -2.25. The van der Waals surface area contributed by atoms with Crippen LogP contribution in [0.4, 0.5) is 11.4 Å². The molecule has 4 nitrogen and oxygen atoms in total. The predicted octanol–water partition coefficient (Wildman–Crippen LogP) is 4.92. The number of nitrogens with zero attached hydrogens (tertiary/aromatic N) is 1. The summed E-state index contributed by atoms with van der Waals surface area (Å²) >= 11 is 0. The molecule has 112 valence electrons. The average molecular weight is 278 g/mol. The molecule has 0 spiro atoms. The van der Waals surface area contributed by atoms with Gasteiger partial charge in [0, 0.05) is 24.4 Å². The SMILES string of the molecule is CCCCCC(C)(C)CNc1cc(C)cc([N+](=O)[O-])c1. The molecule has 0 aliphatic carbocycles. The molecule has 1 rings (SSSR count). The van der Waals surface area contributed by atoms with Crippen LogP contribution in [0.1, 0.15) is 52.0 Å². The van der Waals surface area contributed by atoms with Crippen LogP contribution in [-0.4, -0.2) is 11.5 Å². The van der Waals surface area contributed by atoms with Crippen LogP contribution >= 0.6 is 0 Å². The number of anilines is 1. The summed E-state index contributed by atoms with van der Waals surface area (Å²) < 4.78 is 0. The minimum absolute atomic E-state index is 0.149. The second-order valence-electron chi connectivity index (χ2n) is 6.29. The maximum absolute atomic E-state index is 10.9. The largest absolute Gasteiger partial charge is 0.384 e. The molecule has 0 atom stereocenters. The Labute approximate surface area is 121 Å². The van der Waals surface area contributed by atoms with E-state index in [1.54, 1.807) is 12.1 Å². The molecule has 0 amide bonds. The Morgan fingerprint density at radius 1 is 1.25 bits per heavy atom. The van der Waals surface area contributed by atoms with E-state index in [0.29, 0.717) is 0 Å². The highest BCUT2D eigenvalue weighted by atomic mass is 16.6. The summed E-state index contributed by atoms with van der Waals surface area (Å²) in [7, 11) is 0. The van der Waals surface area contributed by atoms with Gasteiger partial charge in [-0.15, -0.1) is 0 Å². The van der Waals surface area contributed by atoms with Gasteiger partial charge < -0.3 is 5.32 Å². The third kappa shape index (κ3) is 5.59. The molecule has 0 saturated carbocycles. The van der Waals surface area contributed by atoms with E-state index in [0.717, 1.165) is 17.8 Å². The van der Waals surface area contributed by atoms with Crippen LogP contribution in [0.3, 0.4) is 0 Å². The van der Waals surface area contributed by atoms with Crippen molar-refractivity contribution in [2.24, 2.45) is 5.41 Å². The van der Waals surface area contributed by atoms with Gasteiger partial charge in [-0.25, -0.2) is 0 Å². The number of nitro groups is 1. The fraction of sp³-hybridized carbons (Fsp3) is 0.625. The summed E-state index contributed by atoms with van der Waals surface area (Å²) in [4.78, 5) is 10.5. The van der Waals surface area contributed by atoms with Crippen LogP contribution in [0, 0.1) is 22.5 Å². The second kappa shape index (κ2) is 7.27. The molecular weight excluding hydrogens is 252 g/mol. The minimum Gasteiger partial charge on any atom is -0.384 e. The molecule has 0 radical (unpaired) electrons. The Morgan fingerprint density at radius 3 is 2.55 bits per heavy atom. The highest BCUT2D eigenvalue weighted by molar-refractivity contribution is 5.53. The van der Waals surface area contributed by atoms with Crippen molar-refractivity contribution in [2.75, 3.05) is 11.9 Å². The number of nitrogens with one attached hydrogen (secondary N) is 1. The smallest absolute Gasteiger partial charge is 0.271 e. The standard InChI is InChI=1S/C16H26N2O2/c1-5-6-7-8-16(3,4)12-17-14-9-13(2)10-15(11-14)18(19)20/h9-11,17H,5-8,12H2,1-4H3. The van der Waals surface area contributed by atoms with Gasteiger partial charge in [-0.3, -0.25) is 10.1 Å². The van der Waals surface area contributed by atoms with Crippen molar-refractivity contribution in [1.82, 2.24) is 0 Å². The molecule has 20 heavy (non-hydrogen) atoms. The number of non-ortho nitro benzene ring substituents is 1. The zero-order valence-corrected chi connectivity index (χ0v) is 13.0. The lowest BCUT2D eigenvalue weighted by Crippen LogP contribution is -2.23.